The molecule has 0 heterocycles. The van der Waals surface area contributed by atoms with Gasteiger partial charge in [0.25, 0.3) is 0 Å². The number of allylic oxidation sites excluding steroid dienone is 2. The summed E-state index contributed by atoms with van der Waals surface area (Å²) in [5.74, 6) is 0. The fraction of sp³-hybridized carbons (Fsp3) is 0.769. The van der Waals surface area contributed by atoms with Crippen molar-refractivity contribution in [2.75, 3.05) is 14.1 Å². The maximum atomic E-state index is 4.20. The molecular weight excluding hydrogens is 299 g/mol. The van der Waals surface area contributed by atoms with Crippen LogP contribution in [0, 0.1) is 0 Å². The molecule has 0 fully saturated rings. The van der Waals surface area contributed by atoms with E-state index in [2.05, 4.69) is 48.7 Å². The van der Waals surface area contributed by atoms with Crippen molar-refractivity contribution >= 4 is 27.4 Å². The van der Waals surface area contributed by atoms with Gasteiger partial charge in [0, 0.05) is 0 Å². The van der Waals surface area contributed by atoms with Gasteiger partial charge in [0.05, 0.1) is 0 Å². The zero-order valence-electron chi connectivity index (χ0n) is 11.9. The van der Waals surface area contributed by atoms with Crippen LogP contribution < -0.4 is 0 Å². The van der Waals surface area contributed by atoms with Crippen molar-refractivity contribution in [3.05, 3.63) is 11.8 Å². The molecular formula is C13H27InN2. The fourth-order valence-corrected chi connectivity index (χ4v) is 10.7. The van der Waals surface area contributed by atoms with Crippen molar-refractivity contribution in [3.8, 4) is 0 Å². The summed E-state index contributed by atoms with van der Waals surface area (Å²) in [6, 6.07) is 0. The monoisotopic (exact) mass is 326 g/mol. The topological polar surface area (TPSA) is 15.6 Å². The molecule has 0 spiro atoms. The van der Waals surface area contributed by atoms with Crippen molar-refractivity contribution in [2.45, 2.75) is 48.9 Å². The molecule has 0 saturated carbocycles. The van der Waals surface area contributed by atoms with Crippen LogP contribution in [-0.2, 0) is 0 Å². The summed E-state index contributed by atoms with van der Waals surface area (Å²) in [6.45, 7) is 8.92. The minimum atomic E-state index is -1.47. The van der Waals surface area contributed by atoms with Gasteiger partial charge in [-0.25, -0.2) is 0 Å². The molecule has 2 nitrogen and oxygen atoms in total. The van der Waals surface area contributed by atoms with Crippen LogP contribution in [0.3, 0.4) is 0 Å². The van der Waals surface area contributed by atoms with E-state index in [0.29, 0.717) is 0 Å². The standard InChI is InChI=1S/C7H13N2.2C3H7.In/c1-6(8-3)5-7(2)9-4;2*1-3-2;/h5H,1-4H3;2*1,3H2,2H3;/q-1;;;+1/b6-5-,9-7?;;;. The van der Waals surface area contributed by atoms with E-state index >= 15 is 0 Å². The number of hydrogen-bond donors (Lipinski definition) is 0. The summed E-state index contributed by atoms with van der Waals surface area (Å²) in [6.07, 6.45) is 4.91. The van der Waals surface area contributed by atoms with Crippen LogP contribution in [0.5, 0.6) is 0 Å². The molecule has 0 aliphatic rings. The molecule has 0 atom stereocenters. The van der Waals surface area contributed by atoms with E-state index in [9.17, 15) is 0 Å². The van der Waals surface area contributed by atoms with Crippen molar-refractivity contribution in [1.29, 1.82) is 0 Å². The predicted molar refractivity (Wildman–Crippen MR) is 76.5 cm³/mol. The first-order valence-corrected chi connectivity index (χ1v) is 12.5. The molecule has 0 N–H and O–H groups in total. The first-order valence-electron chi connectivity index (χ1n) is 6.41. The molecule has 0 aromatic rings. The second-order valence-electron chi connectivity index (χ2n) is 4.49. The van der Waals surface area contributed by atoms with Crippen molar-refractivity contribution in [1.82, 2.24) is 2.89 Å². The Bertz CT molecular complexity index is 240. The van der Waals surface area contributed by atoms with Crippen molar-refractivity contribution < 1.29 is 0 Å². The van der Waals surface area contributed by atoms with Gasteiger partial charge in [-0.1, -0.05) is 0 Å². The van der Waals surface area contributed by atoms with Crippen LogP contribution in [0.25, 0.3) is 0 Å². The van der Waals surface area contributed by atoms with Crippen LogP contribution in [0.15, 0.2) is 16.8 Å². The summed E-state index contributed by atoms with van der Waals surface area (Å²) >= 11 is -1.47. The molecule has 0 bridgehead atoms. The molecule has 0 saturated heterocycles. The molecule has 3 heteroatoms. The van der Waals surface area contributed by atoms with Gasteiger partial charge in [0.15, 0.2) is 0 Å². The Labute approximate surface area is 110 Å². The number of hydrogen-bond acceptors (Lipinski definition) is 2. The van der Waals surface area contributed by atoms with Gasteiger partial charge in [0.1, 0.15) is 0 Å². The molecule has 0 aliphatic carbocycles. The average Bonchev–Trinajstić information content (AvgIpc) is 2.27. The van der Waals surface area contributed by atoms with Gasteiger partial charge in [-0.15, -0.1) is 0 Å². The molecule has 0 radical (unpaired) electrons. The van der Waals surface area contributed by atoms with Gasteiger partial charge in [0.2, 0.25) is 0 Å². The number of rotatable bonds is 7. The molecule has 0 aliphatic heterocycles. The van der Waals surface area contributed by atoms with Crippen molar-refractivity contribution in [3.63, 3.8) is 0 Å². The molecule has 0 aromatic heterocycles. The van der Waals surface area contributed by atoms with E-state index in [4.69, 9.17) is 0 Å². The Kier molecular flexibility index (Phi) is 9.19. The summed E-state index contributed by atoms with van der Waals surface area (Å²) in [5.41, 5.74) is 2.54. The third-order valence-electron chi connectivity index (χ3n) is 3.12. The van der Waals surface area contributed by atoms with Crippen LogP contribution in [0.4, 0.5) is 0 Å². The Balaban J connectivity index is 4.58. The second kappa shape index (κ2) is 9.15. The van der Waals surface area contributed by atoms with Gasteiger partial charge >= 0.3 is 110 Å². The van der Waals surface area contributed by atoms with Crippen LogP contribution >= 0.6 is 0 Å². The third-order valence-corrected chi connectivity index (χ3v) is 14.5. The van der Waals surface area contributed by atoms with Crippen LogP contribution in [0.1, 0.15) is 40.5 Å². The zero-order valence-corrected chi connectivity index (χ0v) is 15.2. The molecule has 92 valence electrons. The number of nitrogens with zero attached hydrogens (tertiary/aromatic N) is 2. The van der Waals surface area contributed by atoms with Crippen LogP contribution in [-0.4, -0.2) is 44.4 Å². The Hall–Kier alpha value is 0.0801. The summed E-state index contributed by atoms with van der Waals surface area (Å²) in [7, 11) is 4.15. The molecule has 0 amide bonds. The Morgan fingerprint density at radius 1 is 1.19 bits per heavy atom. The second-order valence-corrected chi connectivity index (χ2v) is 13.7. The molecule has 0 unspecified atom stereocenters. The van der Waals surface area contributed by atoms with E-state index in [1.54, 1.807) is 0 Å². The van der Waals surface area contributed by atoms with E-state index in [0.717, 1.165) is 5.71 Å². The minimum absolute atomic E-state index is 1.13. The molecule has 0 aromatic carbocycles. The Morgan fingerprint density at radius 2 is 1.69 bits per heavy atom. The van der Waals surface area contributed by atoms with Crippen LogP contribution in [0.2, 0.25) is 8.35 Å². The van der Waals surface area contributed by atoms with E-state index in [1.807, 2.05) is 7.05 Å². The summed E-state index contributed by atoms with van der Waals surface area (Å²) < 4.78 is 5.59. The van der Waals surface area contributed by atoms with Gasteiger partial charge < -0.3 is 0 Å². The van der Waals surface area contributed by atoms with Crippen molar-refractivity contribution in [2.24, 2.45) is 4.99 Å². The third kappa shape index (κ3) is 5.97. The summed E-state index contributed by atoms with van der Waals surface area (Å²) in [4.78, 5) is 4.20. The SMILES string of the molecule is CC[CH2][In]([CH2]CC)[N](C)/C(C)=C\C(C)=NC. The summed E-state index contributed by atoms with van der Waals surface area (Å²) in [5, 5.41) is 0. The molecule has 0 rings (SSSR count). The van der Waals surface area contributed by atoms with E-state index in [1.165, 1.54) is 26.9 Å². The zero-order chi connectivity index (χ0) is 12.6. The van der Waals surface area contributed by atoms with Gasteiger partial charge in [-0.3, -0.25) is 0 Å². The fourth-order valence-electron chi connectivity index (χ4n) is 1.95. The quantitative estimate of drug-likeness (QED) is 0.651. The van der Waals surface area contributed by atoms with E-state index < -0.39 is 21.7 Å². The number of aliphatic imine (C=N–C) groups is 1. The average molecular weight is 326 g/mol. The molecule has 16 heavy (non-hydrogen) atoms. The Morgan fingerprint density at radius 3 is 2.06 bits per heavy atom. The first kappa shape index (κ1) is 16.1. The first-order chi connectivity index (χ1) is 7.56. The normalized spacial score (nSPS) is 12.9. The maximum absolute atomic E-state index is 4.20. The van der Waals surface area contributed by atoms with Gasteiger partial charge in [-0.2, -0.15) is 0 Å². The van der Waals surface area contributed by atoms with E-state index in [-0.39, 0.29) is 0 Å². The predicted octanol–water partition coefficient (Wildman–Crippen LogP) is 3.72. The van der Waals surface area contributed by atoms with Gasteiger partial charge in [-0.05, 0) is 0 Å².